The van der Waals surface area contributed by atoms with Crippen LogP contribution in [0, 0.1) is 0 Å². The minimum atomic E-state index is -0.444. The molecule has 0 aliphatic heterocycles. The number of hydrogen-bond donors (Lipinski definition) is 2. The number of aryl methyl sites for hydroxylation is 2. The van der Waals surface area contributed by atoms with E-state index in [2.05, 4.69) is 10.3 Å². The number of benzene rings is 1. The van der Waals surface area contributed by atoms with Crippen molar-refractivity contribution in [1.82, 2.24) is 4.98 Å². The number of pyridine rings is 1. The van der Waals surface area contributed by atoms with Crippen LogP contribution in [0.2, 0.25) is 0 Å². The number of nitrogens with one attached hydrogen (secondary N) is 1. The molecule has 1 aromatic heterocycles. The molecule has 96 valence electrons. The van der Waals surface area contributed by atoms with E-state index in [9.17, 15) is 4.79 Å². The molecule has 4 nitrogen and oxygen atoms in total. The number of rotatable bonds is 3. The van der Waals surface area contributed by atoms with E-state index in [0.29, 0.717) is 11.4 Å². The normalized spacial score (nSPS) is 13.1. The number of aromatic nitrogens is 1. The van der Waals surface area contributed by atoms with Crippen LogP contribution in [-0.4, -0.2) is 10.9 Å². The number of para-hydroxylation sites is 1. The van der Waals surface area contributed by atoms with E-state index in [-0.39, 0.29) is 0 Å². The SMILES string of the molecule is NC(=O)c1cc2c(nc1Nc1ccccc1)CCC2. The summed E-state index contributed by atoms with van der Waals surface area (Å²) in [4.78, 5) is 16.1. The molecule has 0 unspecified atom stereocenters. The van der Waals surface area contributed by atoms with Crippen LogP contribution >= 0.6 is 0 Å². The van der Waals surface area contributed by atoms with Crippen LogP contribution in [0.1, 0.15) is 28.0 Å². The molecule has 1 heterocycles. The Kier molecular flexibility index (Phi) is 2.91. The highest BCUT2D eigenvalue weighted by molar-refractivity contribution is 5.98. The highest BCUT2D eigenvalue weighted by Crippen LogP contribution is 2.26. The highest BCUT2D eigenvalue weighted by Gasteiger charge is 2.18. The van der Waals surface area contributed by atoms with Crippen molar-refractivity contribution >= 4 is 17.4 Å². The van der Waals surface area contributed by atoms with Crippen molar-refractivity contribution in [2.75, 3.05) is 5.32 Å². The second kappa shape index (κ2) is 4.72. The van der Waals surface area contributed by atoms with Gasteiger partial charge in [0.25, 0.3) is 5.91 Å². The van der Waals surface area contributed by atoms with Gasteiger partial charge >= 0.3 is 0 Å². The molecule has 4 heteroatoms. The van der Waals surface area contributed by atoms with Gasteiger partial charge in [-0.25, -0.2) is 4.98 Å². The standard InChI is InChI=1S/C15H15N3O/c16-14(19)12-9-10-5-4-8-13(10)18-15(12)17-11-6-2-1-3-7-11/h1-3,6-7,9H,4-5,8H2,(H2,16,19)(H,17,18). The molecule has 1 aliphatic carbocycles. The predicted octanol–water partition coefficient (Wildman–Crippen LogP) is 2.41. The van der Waals surface area contributed by atoms with Gasteiger partial charge in [-0.3, -0.25) is 4.79 Å². The Balaban J connectivity index is 2.02. The molecular formula is C15H15N3O. The number of nitrogens with zero attached hydrogens (tertiary/aromatic N) is 1. The molecule has 2 aromatic rings. The summed E-state index contributed by atoms with van der Waals surface area (Å²) in [7, 11) is 0. The predicted molar refractivity (Wildman–Crippen MR) is 74.5 cm³/mol. The summed E-state index contributed by atoms with van der Waals surface area (Å²) in [5.41, 5.74) is 9.02. The van der Waals surface area contributed by atoms with Gasteiger partial charge in [0.1, 0.15) is 5.82 Å². The second-order valence-electron chi connectivity index (χ2n) is 4.70. The Hall–Kier alpha value is -2.36. The van der Waals surface area contributed by atoms with Gasteiger partial charge in [-0.15, -0.1) is 0 Å². The molecular weight excluding hydrogens is 238 g/mol. The van der Waals surface area contributed by atoms with Crippen LogP contribution in [0.3, 0.4) is 0 Å². The monoisotopic (exact) mass is 253 g/mol. The topological polar surface area (TPSA) is 68.0 Å². The lowest BCUT2D eigenvalue weighted by molar-refractivity contribution is 0.100. The van der Waals surface area contributed by atoms with Gasteiger partial charge in [-0.05, 0) is 43.0 Å². The van der Waals surface area contributed by atoms with E-state index in [0.717, 1.165) is 36.2 Å². The summed E-state index contributed by atoms with van der Waals surface area (Å²) in [6.07, 6.45) is 3.04. The van der Waals surface area contributed by atoms with E-state index >= 15 is 0 Å². The van der Waals surface area contributed by atoms with Crippen molar-refractivity contribution < 1.29 is 4.79 Å². The molecule has 0 atom stereocenters. The maximum Gasteiger partial charge on any atom is 0.252 e. The summed E-state index contributed by atoms with van der Waals surface area (Å²) in [6, 6.07) is 11.5. The van der Waals surface area contributed by atoms with E-state index in [1.165, 1.54) is 0 Å². The number of hydrogen-bond acceptors (Lipinski definition) is 3. The Bertz CT molecular complexity index is 623. The van der Waals surface area contributed by atoms with Gasteiger partial charge < -0.3 is 11.1 Å². The molecule has 0 radical (unpaired) electrons. The Morgan fingerprint density at radius 3 is 2.74 bits per heavy atom. The highest BCUT2D eigenvalue weighted by atomic mass is 16.1. The molecule has 0 fully saturated rings. The summed E-state index contributed by atoms with van der Waals surface area (Å²) in [5.74, 6) is 0.111. The Morgan fingerprint density at radius 2 is 2.00 bits per heavy atom. The van der Waals surface area contributed by atoms with Gasteiger partial charge in [0.15, 0.2) is 0 Å². The van der Waals surface area contributed by atoms with E-state index < -0.39 is 5.91 Å². The van der Waals surface area contributed by atoms with Gasteiger partial charge in [-0.2, -0.15) is 0 Å². The van der Waals surface area contributed by atoms with Crippen molar-refractivity contribution in [3.63, 3.8) is 0 Å². The number of primary amides is 1. The van der Waals surface area contributed by atoms with Crippen molar-refractivity contribution in [3.8, 4) is 0 Å². The summed E-state index contributed by atoms with van der Waals surface area (Å²) >= 11 is 0. The van der Waals surface area contributed by atoms with Crippen LogP contribution in [0.25, 0.3) is 0 Å². The average Bonchev–Trinajstić information content (AvgIpc) is 2.86. The first-order valence-electron chi connectivity index (χ1n) is 6.39. The first-order chi connectivity index (χ1) is 9.24. The van der Waals surface area contributed by atoms with Gasteiger partial charge in [0.05, 0.1) is 5.56 Å². The zero-order valence-electron chi connectivity index (χ0n) is 10.5. The largest absolute Gasteiger partial charge is 0.365 e. The first kappa shape index (κ1) is 11.7. The maximum absolute atomic E-state index is 11.6. The smallest absolute Gasteiger partial charge is 0.252 e. The first-order valence-corrected chi connectivity index (χ1v) is 6.39. The molecule has 1 aliphatic rings. The number of fused-ring (bicyclic) bond motifs is 1. The third-order valence-electron chi connectivity index (χ3n) is 3.35. The fraction of sp³-hybridized carbons (Fsp3) is 0.200. The summed E-state index contributed by atoms with van der Waals surface area (Å²) in [5, 5.41) is 3.17. The number of carbonyl (C=O) groups excluding carboxylic acids is 1. The van der Waals surface area contributed by atoms with E-state index in [4.69, 9.17) is 5.73 Å². The molecule has 19 heavy (non-hydrogen) atoms. The van der Waals surface area contributed by atoms with Gasteiger partial charge in [0.2, 0.25) is 0 Å². The van der Waals surface area contributed by atoms with Crippen LogP contribution in [0.15, 0.2) is 36.4 Å². The molecule has 0 saturated heterocycles. The number of nitrogens with two attached hydrogens (primary N) is 1. The molecule has 1 aromatic carbocycles. The lowest BCUT2D eigenvalue weighted by atomic mass is 10.1. The van der Waals surface area contributed by atoms with Gasteiger partial charge in [0, 0.05) is 11.4 Å². The van der Waals surface area contributed by atoms with Crippen LogP contribution in [-0.2, 0) is 12.8 Å². The van der Waals surface area contributed by atoms with Crippen LogP contribution in [0.4, 0.5) is 11.5 Å². The van der Waals surface area contributed by atoms with Gasteiger partial charge in [-0.1, -0.05) is 18.2 Å². The van der Waals surface area contributed by atoms with Crippen molar-refractivity contribution in [2.24, 2.45) is 5.73 Å². The zero-order valence-corrected chi connectivity index (χ0v) is 10.5. The van der Waals surface area contributed by atoms with Crippen molar-refractivity contribution in [3.05, 3.63) is 53.2 Å². The minimum absolute atomic E-state index is 0.444. The Labute approximate surface area is 111 Å². The molecule has 1 amide bonds. The maximum atomic E-state index is 11.6. The molecule has 0 bridgehead atoms. The van der Waals surface area contributed by atoms with Crippen LogP contribution < -0.4 is 11.1 Å². The summed E-state index contributed by atoms with van der Waals surface area (Å²) < 4.78 is 0. The lowest BCUT2D eigenvalue weighted by Gasteiger charge is -2.11. The quantitative estimate of drug-likeness (QED) is 0.882. The molecule has 0 saturated carbocycles. The van der Waals surface area contributed by atoms with E-state index in [1.54, 1.807) is 0 Å². The molecule has 3 N–H and O–H groups in total. The fourth-order valence-corrected chi connectivity index (χ4v) is 2.41. The van der Waals surface area contributed by atoms with Crippen molar-refractivity contribution in [2.45, 2.75) is 19.3 Å². The third-order valence-corrected chi connectivity index (χ3v) is 3.35. The second-order valence-corrected chi connectivity index (χ2v) is 4.70. The van der Waals surface area contributed by atoms with Crippen LogP contribution in [0.5, 0.6) is 0 Å². The fourth-order valence-electron chi connectivity index (χ4n) is 2.41. The van der Waals surface area contributed by atoms with Crippen molar-refractivity contribution in [1.29, 1.82) is 0 Å². The number of amides is 1. The molecule has 3 rings (SSSR count). The lowest BCUT2D eigenvalue weighted by Crippen LogP contribution is -2.15. The molecule has 0 spiro atoms. The average molecular weight is 253 g/mol. The van der Waals surface area contributed by atoms with E-state index in [1.807, 2.05) is 36.4 Å². The zero-order chi connectivity index (χ0) is 13.2. The Morgan fingerprint density at radius 1 is 1.21 bits per heavy atom. The number of carbonyl (C=O) groups is 1. The minimum Gasteiger partial charge on any atom is -0.365 e. The number of anilines is 2. The third kappa shape index (κ3) is 2.29. The summed E-state index contributed by atoms with van der Waals surface area (Å²) in [6.45, 7) is 0.